The fourth-order valence-corrected chi connectivity index (χ4v) is 5.22. The van der Waals surface area contributed by atoms with Gasteiger partial charge in [0.05, 0.1) is 19.3 Å². The molecule has 1 saturated carbocycles. The molecule has 3 heterocycles. The van der Waals surface area contributed by atoms with Gasteiger partial charge < -0.3 is 14.7 Å². The van der Waals surface area contributed by atoms with Crippen LogP contribution in [0, 0.1) is 11.8 Å². The standard InChI is InChI=1S/C22H33N3O3/c26-21-13-19-16-25(15-18(19)12-20(21)24-8-10-28-11-9-24)22(27)6-2-1-4-17-5-3-7-23-14-17/h3,5,7,14,18-21,26H,1-2,4,6,8-13,15-16H2/t18-,19+,20-,21-/m1/s1. The number of carbonyl (C=O) groups excluding carboxylic acids is 1. The Morgan fingerprint density at radius 2 is 1.96 bits per heavy atom. The van der Waals surface area contributed by atoms with Crippen molar-refractivity contribution in [2.24, 2.45) is 11.8 Å². The maximum Gasteiger partial charge on any atom is 0.222 e. The Labute approximate surface area is 167 Å². The summed E-state index contributed by atoms with van der Waals surface area (Å²) < 4.78 is 5.46. The van der Waals surface area contributed by atoms with Crippen LogP contribution in [-0.2, 0) is 16.0 Å². The smallest absolute Gasteiger partial charge is 0.222 e. The second kappa shape index (κ2) is 9.33. The van der Waals surface area contributed by atoms with Crippen molar-refractivity contribution in [3.8, 4) is 0 Å². The molecule has 0 bridgehead atoms. The molecule has 1 N–H and O–H groups in total. The minimum atomic E-state index is -0.270. The number of aryl methyl sites for hydroxylation is 1. The number of nitrogens with zero attached hydrogens (tertiary/aromatic N) is 3. The summed E-state index contributed by atoms with van der Waals surface area (Å²) in [4.78, 5) is 21.3. The van der Waals surface area contributed by atoms with Gasteiger partial charge in [-0.3, -0.25) is 14.7 Å². The molecule has 0 spiro atoms. The van der Waals surface area contributed by atoms with Gasteiger partial charge in [0.2, 0.25) is 5.91 Å². The summed E-state index contributed by atoms with van der Waals surface area (Å²) in [5.41, 5.74) is 1.24. The molecule has 0 radical (unpaired) electrons. The first-order valence-electron chi connectivity index (χ1n) is 10.9. The molecule has 28 heavy (non-hydrogen) atoms. The number of amides is 1. The van der Waals surface area contributed by atoms with Gasteiger partial charge in [-0.1, -0.05) is 6.07 Å². The van der Waals surface area contributed by atoms with Gasteiger partial charge in [-0.25, -0.2) is 0 Å². The Hall–Kier alpha value is -1.50. The lowest BCUT2D eigenvalue weighted by Gasteiger charge is -2.43. The van der Waals surface area contributed by atoms with Crippen molar-refractivity contribution in [2.45, 2.75) is 50.7 Å². The number of hydrogen-bond acceptors (Lipinski definition) is 5. The second-order valence-electron chi connectivity index (χ2n) is 8.64. The van der Waals surface area contributed by atoms with Gasteiger partial charge >= 0.3 is 0 Å². The predicted octanol–water partition coefficient (Wildman–Crippen LogP) is 1.72. The van der Waals surface area contributed by atoms with E-state index >= 15 is 0 Å². The Morgan fingerprint density at radius 3 is 2.71 bits per heavy atom. The summed E-state index contributed by atoms with van der Waals surface area (Å²) in [6.07, 6.45) is 8.84. The Kier molecular flexibility index (Phi) is 6.60. The van der Waals surface area contributed by atoms with Gasteiger partial charge in [0, 0.05) is 51.0 Å². The monoisotopic (exact) mass is 387 g/mol. The van der Waals surface area contributed by atoms with E-state index in [1.807, 2.05) is 12.3 Å². The van der Waals surface area contributed by atoms with Crippen LogP contribution in [-0.4, -0.2) is 77.3 Å². The number of aromatic nitrogens is 1. The number of fused-ring (bicyclic) bond motifs is 1. The van der Waals surface area contributed by atoms with Gasteiger partial charge in [-0.05, 0) is 55.6 Å². The average molecular weight is 388 g/mol. The molecule has 154 valence electrons. The molecule has 0 aromatic carbocycles. The van der Waals surface area contributed by atoms with Crippen LogP contribution in [0.4, 0.5) is 0 Å². The van der Waals surface area contributed by atoms with Crippen LogP contribution in [0.25, 0.3) is 0 Å². The Bertz CT molecular complexity index is 635. The average Bonchev–Trinajstić information content (AvgIpc) is 3.15. The van der Waals surface area contributed by atoms with Gasteiger partial charge in [0.15, 0.2) is 0 Å². The lowest BCUT2D eigenvalue weighted by atomic mass is 9.77. The number of pyridine rings is 1. The molecule has 1 amide bonds. The highest BCUT2D eigenvalue weighted by Crippen LogP contribution is 2.38. The SMILES string of the molecule is O=C(CCCCc1cccnc1)N1C[C@H]2C[C@@H](N3CCOCC3)[C@H](O)C[C@H]2C1. The van der Waals surface area contributed by atoms with Gasteiger partial charge in [-0.15, -0.1) is 0 Å². The first-order chi connectivity index (χ1) is 13.7. The molecule has 1 aromatic heterocycles. The largest absolute Gasteiger partial charge is 0.391 e. The van der Waals surface area contributed by atoms with Crippen molar-refractivity contribution in [3.63, 3.8) is 0 Å². The number of ether oxygens (including phenoxy) is 1. The number of carbonyl (C=O) groups is 1. The van der Waals surface area contributed by atoms with Crippen LogP contribution in [0.5, 0.6) is 0 Å². The summed E-state index contributed by atoms with van der Waals surface area (Å²) in [5.74, 6) is 1.29. The van der Waals surface area contributed by atoms with Crippen molar-refractivity contribution in [1.29, 1.82) is 0 Å². The van der Waals surface area contributed by atoms with Crippen LogP contribution in [0.15, 0.2) is 24.5 Å². The summed E-state index contributed by atoms with van der Waals surface area (Å²) in [7, 11) is 0. The van der Waals surface area contributed by atoms with Crippen molar-refractivity contribution in [2.75, 3.05) is 39.4 Å². The molecule has 4 rings (SSSR count). The molecular weight excluding hydrogens is 354 g/mol. The zero-order valence-electron chi connectivity index (χ0n) is 16.7. The number of aliphatic hydroxyl groups excluding tert-OH is 1. The van der Waals surface area contributed by atoms with Crippen LogP contribution in [0.3, 0.4) is 0 Å². The van der Waals surface area contributed by atoms with E-state index in [0.29, 0.717) is 18.3 Å². The lowest BCUT2D eigenvalue weighted by Crippen LogP contribution is -2.53. The molecule has 2 saturated heterocycles. The molecule has 1 aliphatic carbocycles. The molecule has 2 aliphatic heterocycles. The summed E-state index contributed by atoms with van der Waals surface area (Å²) in [6, 6.07) is 4.29. The number of likely N-dealkylation sites (tertiary alicyclic amines) is 1. The fraction of sp³-hybridized carbons (Fsp3) is 0.727. The number of aliphatic hydroxyl groups is 1. The third-order valence-electron chi connectivity index (χ3n) is 6.81. The summed E-state index contributed by atoms with van der Waals surface area (Å²) in [6.45, 7) is 5.07. The van der Waals surface area contributed by atoms with Gasteiger partial charge in [-0.2, -0.15) is 0 Å². The lowest BCUT2D eigenvalue weighted by molar-refractivity contribution is -0.130. The first kappa shape index (κ1) is 19.8. The highest BCUT2D eigenvalue weighted by molar-refractivity contribution is 5.76. The van der Waals surface area contributed by atoms with Crippen LogP contribution >= 0.6 is 0 Å². The zero-order valence-corrected chi connectivity index (χ0v) is 16.7. The van der Waals surface area contributed by atoms with Gasteiger partial charge in [0.25, 0.3) is 0 Å². The molecule has 3 aliphatic rings. The van der Waals surface area contributed by atoms with E-state index in [0.717, 1.165) is 71.5 Å². The summed E-state index contributed by atoms with van der Waals surface area (Å²) >= 11 is 0. The molecule has 3 fully saturated rings. The van der Waals surface area contributed by atoms with E-state index in [9.17, 15) is 9.90 Å². The molecular formula is C22H33N3O3. The topological polar surface area (TPSA) is 65.9 Å². The van der Waals surface area contributed by atoms with E-state index in [1.165, 1.54) is 5.56 Å². The Balaban J connectivity index is 1.22. The van der Waals surface area contributed by atoms with E-state index in [2.05, 4.69) is 20.9 Å². The van der Waals surface area contributed by atoms with Crippen LogP contribution in [0.2, 0.25) is 0 Å². The number of rotatable bonds is 6. The quantitative estimate of drug-likeness (QED) is 0.753. The molecule has 6 nitrogen and oxygen atoms in total. The van der Waals surface area contributed by atoms with E-state index in [1.54, 1.807) is 6.20 Å². The number of morpholine rings is 1. The van der Waals surface area contributed by atoms with Crippen molar-refractivity contribution >= 4 is 5.91 Å². The molecule has 0 unspecified atom stereocenters. The second-order valence-corrected chi connectivity index (χ2v) is 8.64. The minimum absolute atomic E-state index is 0.236. The zero-order chi connectivity index (χ0) is 19.3. The highest BCUT2D eigenvalue weighted by atomic mass is 16.5. The number of unbranched alkanes of at least 4 members (excludes halogenated alkanes) is 1. The minimum Gasteiger partial charge on any atom is -0.391 e. The van der Waals surface area contributed by atoms with E-state index < -0.39 is 0 Å². The van der Waals surface area contributed by atoms with Crippen molar-refractivity contribution in [1.82, 2.24) is 14.8 Å². The fourth-order valence-electron chi connectivity index (χ4n) is 5.22. The van der Waals surface area contributed by atoms with E-state index in [-0.39, 0.29) is 18.1 Å². The Morgan fingerprint density at radius 1 is 1.18 bits per heavy atom. The highest BCUT2D eigenvalue weighted by Gasteiger charge is 2.44. The van der Waals surface area contributed by atoms with Crippen molar-refractivity contribution in [3.05, 3.63) is 30.1 Å². The summed E-state index contributed by atoms with van der Waals surface area (Å²) in [5, 5.41) is 10.7. The maximum absolute atomic E-state index is 12.7. The first-order valence-corrected chi connectivity index (χ1v) is 10.9. The van der Waals surface area contributed by atoms with E-state index in [4.69, 9.17) is 4.74 Å². The molecule has 1 aromatic rings. The maximum atomic E-state index is 12.7. The molecule has 6 heteroatoms. The van der Waals surface area contributed by atoms with Crippen LogP contribution in [0.1, 0.15) is 37.7 Å². The normalized spacial score (nSPS) is 31.0. The van der Waals surface area contributed by atoms with Crippen LogP contribution < -0.4 is 0 Å². The molecule has 4 atom stereocenters. The number of hydrogen-bond donors (Lipinski definition) is 1. The van der Waals surface area contributed by atoms with Gasteiger partial charge in [0.1, 0.15) is 0 Å². The van der Waals surface area contributed by atoms with Crippen molar-refractivity contribution < 1.29 is 14.6 Å². The predicted molar refractivity (Wildman–Crippen MR) is 107 cm³/mol. The third kappa shape index (κ3) is 4.73. The third-order valence-corrected chi connectivity index (χ3v) is 6.81.